The third-order valence-electron chi connectivity index (χ3n) is 7.53. The molecule has 42 heavy (non-hydrogen) atoms. The zero-order valence-electron chi connectivity index (χ0n) is 24.4. The van der Waals surface area contributed by atoms with Gasteiger partial charge in [-0.1, -0.05) is 71.4 Å². The van der Waals surface area contributed by atoms with Crippen LogP contribution in [0.5, 0.6) is 0 Å². The van der Waals surface area contributed by atoms with Crippen molar-refractivity contribution >= 4 is 54.6 Å². The number of fused-ring (bicyclic) bond motifs is 4. The molecule has 0 aliphatic carbocycles. The Bertz CT molecular complexity index is 1950. The zero-order valence-corrected chi connectivity index (χ0v) is 27.6. The average molecular weight is 744 g/mol. The van der Waals surface area contributed by atoms with Crippen molar-refractivity contribution in [3.8, 4) is 11.3 Å². The van der Waals surface area contributed by atoms with Gasteiger partial charge in [0, 0.05) is 49.6 Å². The van der Waals surface area contributed by atoms with Crippen LogP contribution in [0.1, 0.15) is 36.5 Å². The second kappa shape index (κ2) is 13.1. The van der Waals surface area contributed by atoms with Crippen LogP contribution in [0.25, 0.3) is 31.4 Å². The SMILES string of the molecule is CCCC[N+]1=C=[N+](c2[c-]ccc3c2sc2ccccc23)c2ccccc21.Cc1c[c-]c(-c2cc(C)c(C)cn2)cc1.[Ir]. The first-order valence-corrected chi connectivity index (χ1v) is 15.0. The fraction of sp³-hybridized carbons (Fsp3) is 0.189. The molecule has 1 radical (unpaired) electrons. The number of aryl methyl sites for hydroxylation is 3. The topological polar surface area (TPSA) is 18.9 Å². The summed E-state index contributed by atoms with van der Waals surface area (Å²) < 4.78 is 7.02. The van der Waals surface area contributed by atoms with E-state index in [1.807, 2.05) is 29.7 Å². The number of benzene rings is 4. The van der Waals surface area contributed by atoms with Crippen LogP contribution in [0.15, 0.2) is 91.1 Å². The van der Waals surface area contributed by atoms with Crippen molar-refractivity contribution in [2.24, 2.45) is 0 Å². The molecule has 5 heteroatoms. The van der Waals surface area contributed by atoms with Gasteiger partial charge in [-0.3, -0.25) is 0 Å². The number of nitrogens with zero attached hydrogens (tertiary/aromatic N) is 3. The maximum atomic E-state index is 4.41. The van der Waals surface area contributed by atoms with E-state index in [9.17, 15) is 0 Å². The van der Waals surface area contributed by atoms with E-state index in [0.717, 1.165) is 29.9 Å². The summed E-state index contributed by atoms with van der Waals surface area (Å²) in [4.78, 5) is 4.41. The van der Waals surface area contributed by atoms with Gasteiger partial charge in [0.1, 0.15) is 5.69 Å². The van der Waals surface area contributed by atoms with Gasteiger partial charge in [0.15, 0.2) is 6.54 Å². The summed E-state index contributed by atoms with van der Waals surface area (Å²) in [5, 5.41) is 2.61. The Morgan fingerprint density at radius 3 is 2.40 bits per heavy atom. The van der Waals surface area contributed by atoms with E-state index in [-0.39, 0.29) is 20.1 Å². The molecule has 6 aromatic rings. The molecule has 0 unspecified atom stereocenters. The first-order valence-electron chi connectivity index (χ1n) is 14.2. The minimum atomic E-state index is 0. The molecule has 0 saturated carbocycles. The van der Waals surface area contributed by atoms with E-state index in [1.165, 1.54) is 54.7 Å². The van der Waals surface area contributed by atoms with Gasteiger partial charge in [-0.25, -0.2) is 0 Å². The molecule has 0 fully saturated rings. The Morgan fingerprint density at radius 2 is 1.64 bits per heavy atom. The third-order valence-corrected chi connectivity index (χ3v) is 8.72. The van der Waals surface area contributed by atoms with Crippen molar-refractivity contribution in [1.82, 2.24) is 9.56 Å². The number of rotatable bonds is 5. The molecule has 0 bridgehead atoms. The molecule has 4 aromatic carbocycles. The van der Waals surface area contributed by atoms with Crippen LogP contribution in [-0.2, 0) is 20.1 Å². The molecule has 1 aliphatic heterocycles. The zero-order chi connectivity index (χ0) is 28.3. The van der Waals surface area contributed by atoms with Crippen LogP contribution in [0, 0.1) is 32.9 Å². The molecule has 2 aromatic heterocycles. The van der Waals surface area contributed by atoms with E-state index < -0.39 is 0 Å². The van der Waals surface area contributed by atoms with Crippen LogP contribution < -0.4 is 4.58 Å². The molecule has 0 N–H and O–H groups in total. The van der Waals surface area contributed by atoms with Crippen molar-refractivity contribution in [3.63, 3.8) is 0 Å². The molecule has 0 spiro atoms. The number of thiophene rings is 1. The molecule has 211 valence electrons. The Labute approximate surface area is 265 Å². The summed E-state index contributed by atoms with van der Waals surface area (Å²) in [6, 6.07) is 39.9. The normalized spacial score (nSPS) is 11.8. The minimum absolute atomic E-state index is 0. The molecule has 3 nitrogen and oxygen atoms in total. The molecule has 0 atom stereocenters. The summed E-state index contributed by atoms with van der Waals surface area (Å²) in [5.41, 5.74) is 9.29. The van der Waals surface area contributed by atoms with Crippen LogP contribution in [0.4, 0.5) is 17.1 Å². The summed E-state index contributed by atoms with van der Waals surface area (Å²) in [6.07, 6.45) is 4.25. The van der Waals surface area contributed by atoms with Gasteiger partial charge in [-0.15, -0.1) is 46.8 Å². The number of pyridine rings is 1. The molecular weight excluding hydrogens is 711 g/mol. The standard InChI is InChI=1S/C23H19N2S.C14H14N.Ir/c1-2-3-15-24-16-25(20-12-6-5-11-19(20)24)21-13-8-10-18-17-9-4-7-14-22(17)26-23(18)21;1-10-4-6-13(7-5-10)14-8-11(2)12(3)9-15-14;/h4-12,14H,2-3,15H2,1H3;4-6,8-9H,1-3H3;/q+1;-1;. The number of aromatic nitrogens is 1. The van der Waals surface area contributed by atoms with Crippen molar-refractivity contribution in [3.05, 3.63) is 120 Å². The van der Waals surface area contributed by atoms with Crippen molar-refractivity contribution in [2.45, 2.75) is 40.5 Å². The van der Waals surface area contributed by atoms with Gasteiger partial charge in [-0.05, 0) is 41.3 Å². The van der Waals surface area contributed by atoms with Gasteiger partial charge in [0.2, 0.25) is 0 Å². The predicted octanol–water partition coefficient (Wildman–Crippen LogP) is 9.79. The quantitative estimate of drug-likeness (QED) is 0.127. The minimum Gasteiger partial charge on any atom is -0.304 e. The molecule has 3 heterocycles. The number of hydrogen-bond donors (Lipinski definition) is 0. The van der Waals surface area contributed by atoms with E-state index >= 15 is 0 Å². The maximum Gasteiger partial charge on any atom is 0.494 e. The molecule has 1 aliphatic rings. The first kappa shape index (κ1) is 29.8. The first-order chi connectivity index (χ1) is 20.0. The number of hydrogen-bond acceptors (Lipinski definition) is 2. The summed E-state index contributed by atoms with van der Waals surface area (Å²) >= 11 is 1.84. The van der Waals surface area contributed by atoms with Crippen LogP contribution in [0.3, 0.4) is 0 Å². The van der Waals surface area contributed by atoms with Gasteiger partial charge >= 0.3 is 6.01 Å². The van der Waals surface area contributed by atoms with E-state index in [4.69, 9.17) is 0 Å². The molecule has 0 saturated heterocycles. The van der Waals surface area contributed by atoms with Gasteiger partial charge < -0.3 is 4.98 Å². The fourth-order valence-electron chi connectivity index (χ4n) is 5.04. The van der Waals surface area contributed by atoms with Gasteiger partial charge in [0.05, 0.1) is 0 Å². The van der Waals surface area contributed by atoms with E-state index in [0.29, 0.717) is 0 Å². The van der Waals surface area contributed by atoms with Gasteiger partial charge in [-0.2, -0.15) is 23.5 Å². The van der Waals surface area contributed by atoms with E-state index in [2.05, 4.69) is 133 Å². The molecule has 7 rings (SSSR count). The van der Waals surface area contributed by atoms with Gasteiger partial charge in [0.25, 0.3) is 11.4 Å². The fourth-order valence-corrected chi connectivity index (χ4v) is 6.23. The predicted molar refractivity (Wildman–Crippen MR) is 173 cm³/mol. The summed E-state index contributed by atoms with van der Waals surface area (Å²) in [5.74, 6) is 0. The average Bonchev–Trinajstić information content (AvgIpc) is 3.57. The Kier molecular flexibility index (Phi) is 9.26. The second-order valence-electron chi connectivity index (χ2n) is 10.5. The largest absolute Gasteiger partial charge is 0.494 e. The Balaban J connectivity index is 0.000000189. The third kappa shape index (κ3) is 5.93. The Hall–Kier alpha value is -3.72. The van der Waals surface area contributed by atoms with E-state index in [1.54, 1.807) is 0 Å². The summed E-state index contributed by atoms with van der Waals surface area (Å²) in [6.45, 7) is 9.46. The summed E-state index contributed by atoms with van der Waals surface area (Å²) in [7, 11) is 0. The van der Waals surface area contributed by atoms with Crippen molar-refractivity contribution < 1.29 is 24.7 Å². The van der Waals surface area contributed by atoms with Crippen LogP contribution in [-0.4, -0.2) is 22.1 Å². The smallest absolute Gasteiger partial charge is 0.304 e. The Morgan fingerprint density at radius 1 is 0.857 bits per heavy atom. The monoisotopic (exact) mass is 744 g/mol. The number of unbranched alkanes of at least 4 members (excludes halogenated alkanes) is 1. The maximum absolute atomic E-state index is 4.41. The second-order valence-corrected chi connectivity index (χ2v) is 11.6. The number of para-hydroxylation sites is 2. The van der Waals surface area contributed by atoms with Crippen LogP contribution in [0.2, 0.25) is 0 Å². The van der Waals surface area contributed by atoms with Crippen molar-refractivity contribution in [1.29, 1.82) is 0 Å². The molecular formula is C37H33IrN3S. The molecule has 0 amide bonds. The van der Waals surface area contributed by atoms with Crippen LogP contribution >= 0.6 is 11.3 Å². The van der Waals surface area contributed by atoms with Crippen molar-refractivity contribution in [2.75, 3.05) is 6.54 Å².